The maximum atomic E-state index is 4.33. The highest BCUT2D eigenvalue weighted by atomic mass is 15.3. The van der Waals surface area contributed by atoms with Crippen LogP contribution in [0.1, 0.15) is 12.7 Å². The van der Waals surface area contributed by atoms with Crippen LogP contribution in [0.2, 0.25) is 0 Å². The Morgan fingerprint density at radius 2 is 2.07 bits per heavy atom. The molecular weight excluding hydrogens is 188 g/mol. The van der Waals surface area contributed by atoms with E-state index in [1.165, 1.54) is 0 Å². The molecular formula is C11H10N4. The topological polar surface area (TPSA) is 43.1 Å². The molecule has 0 unspecified atom stereocenters. The first-order valence-electron chi connectivity index (χ1n) is 4.98. The van der Waals surface area contributed by atoms with Gasteiger partial charge in [0.2, 0.25) is 0 Å². The molecule has 0 saturated carbocycles. The third-order valence-corrected chi connectivity index (χ3v) is 2.51. The van der Waals surface area contributed by atoms with Gasteiger partial charge in [0.15, 0.2) is 5.65 Å². The normalized spacial score (nSPS) is 11.3. The second-order valence-corrected chi connectivity index (χ2v) is 3.41. The zero-order valence-electron chi connectivity index (χ0n) is 8.38. The van der Waals surface area contributed by atoms with Crippen molar-refractivity contribution in [1.29, 1.82) is 0 Å². The minimum Gasteiger partial charge on any atom is -0.276 e. The van der Waals surface area contributed by atoms with Gasteiger partial charge in [-0.1, -0.05) is 19.1 Å². The molecule has 0 aliphatic carbocycles. The Hall–Kier alpha value is -1.97. The Labute approximate surface area is 86.6 Å². The van der Waals surface area contributed by atoms with Crippen LogP contribution in [0, 0.1) is 0 Å². The van der Waals surface area contributed by atoms with E-state index in [1.807, 2.05) is 24.3 Å². The quantitative estimate of drug-likeness (QED) is 0.599. The summed E-state index contributed by atoms with van der Waals surface area (Å²) >= 11 is 0. The van der Waals surface area contributed by atoms with Gasteiger partial charge in [0.05, 0.1) is 17.2 Å². The molecule has 0 aliphatic heterocycles. The Morgan fingerprint density at radius 1 is 1.20 bits per heavy atom. The molecule has 0 fully saturated rings. The van der Waals surface area contributed by atoms with E-state index in [0.717, 1.165) is 28.9 Å². The van der Waals surface area contributed by atoms with Crippen LogP contribution in [0.3, 0.4) is 0 Å². The first kappa shape index (κ1) is 8.35. The van der Waals surface area contributed by atoms with Gasteiger partial charge >= 0.3 is 0 Å². The maximum absolute atomic E-state index is 4.33. The van der Waals surface area contributed by atoms with Crippen LogP contribution in [-0.4, -0.2) is 19.6 Å². The minimum absolute atomic E-state index is 0.811. The molecule has 0 N–H and O–H groups in total. The van der Waals surface area contributed by atoms with Crippen LogP contribution in [0.4, 0.5) is 0 Å². The molecule has 15 heavy (non-hydrogen) atoms. The molecule has 0 spiro atoms. The van der Waals surface area contributed by atoms with Gasteiger partial charge in [-0.3, -0.25) is 9.38 Å². The van der Waals surface area contributed by atoms with E-state index < -0.39 is 0 Å². The number of hydrogen-bond donors (Lipinski definition) is 0. The van der Waals surface area contributed by atoms with E-state index in [1.54, 1.807) is 6.20 Å². The average Bonchev–Trinajstić information content (AvgIpc) is 2.72. The zero-order chi connectivity index (χ0) is 10.3. The fraction of sp³-hybridized carbons (Fsp3) is 0.182. The summed E-state index contributed by atoms with van der Waals surface area (Å²) in [5.41, 5.74) is 2.85. The van der Waals surface area contributed by atoms with Crippen molar-refractivity contribution in [2.24, 2.45) is 0 Å². The van der Waals surface area contributed by atoms with Crippen LogP contribution in [0.25, 0.3) is 16.7 Å². The van der Waals surface area contributed by atoms with Crippen LogP contribution < -0.4 is 0 Å². The monoisotopic (exact) mass is 198 g/mol. The smallest absolute Gasteiger partial charge is 0.179 e. The average molecular weight is 198 g/mol. The molecule has 4 nitrogen and oxygen atoms in total. The first-order chi connectivity index (χ1) is 7.40. The first-order valence-corrected chi connectivity index (χ1v) is 4.98. The Morgan fingerprint density at radius 3 is 2.93 bits per heavy atom. The SMILES string of the molecule is CCc1nnc2cnc3ccccc3n12. The molecule has 2 aromatic heterocycles. The van der Waals surface area contributed by atoms with Gasteiger partial charge in [-0.25, -0.2) is 0 Å². The van der Waals surface area contributed by atoms with E-state index in [4.69, 9.17) is 0 Å². The third kappa shape index (κ3) is 1.11. The van der Waals surface area contributed by atoms with E-state index in [9.17, 15) is 0 Å². The standard InChI is InChI=1S/C11H10N4/c1-2-10-13-14-11-7-12-8-5-3-4-6-9(8)15(10)11/h3-7H,2H2,1H3. The molecule has 3 rings (SSSR count). The molecule has 0 aliphatic rings. The van der Waals surface area contributed by atoms with Crippen LogP contribution >= 0.6 is 0 Å². The Balaban J connectivity index is 2.56. The van der Waals surface area contributed by atoms with Gasteiger partial charge in [-0.15, -0.1) is 10.2 Å². The lowest BCUT2D eigenvalue weighted by Crippen LogP contribution is -1.95. The summed E-state index contributed by atoms with van der Waals surface area (Å²) in [5.74, 6) is 0.976. The number of benzene rings is 1. The van der Waals surface area contributed by atoms with Crippen LogP contribution in [-0.2, 0) is 6.42 Å². The van der Waals surface area contributed by atoms with Crippen LogP contribution in [0.5, 0.6) is 0 Å². The summed E-state index contributed by atoms with van der Waals surface area (Å²) < 4.78 is 2.06. The van der Waals surface area contributed by atoms with Gasteiger partial charge < -0.3 is 0 Å². The van der Waals surface area contributed by atoms with Crippen molar-refractivity contribution in [3.8, 4) is 0 Å². The number of hydrogen-bond acceptors (Lipinski definition) is 3. The molecule has 1 aromatic carbocycles. The van der Waals surface area contributed by atoms with Crippen molar-refractivity contribution in [3.63, 3.8) is 0 Å². The summed E-state index contributed by atoms with van der Waals surface area (Å²) in [6.45, 7) is 2.08. The predicted octanol–water partition coefficient (Wildman–Crippen LogP) is 1.84. The fourth-order valence-corrected chi connectivity index (χ4v) is 1.80. The minimum atomic E-state index is 0.811. The summed E-state index contributed by atoms with van der Waals surface area (Å²) in [6.07, 6.45) is 2.63. The summed E-state index contributed by atoms with van der Waals surface area (Å²) in [7, 11) is 0. The lowest BCUT2D eigenvalue weighted by molar-refractivity contribution is 0.921. The molecule has 0 saturated heterocycles. The van der Waals surface area contributed by atoms with E-state index in [2.05, 4.69) is 26.5 Å². The number of aryl methyl sites for hydroxylation is 1. The molecule has 0 amide bonds. The van der Waals surface area contributed by atoms with Gasteiger partial charge in [0.25, 0.3) is 0 Å². The number of rotatable bonds is 1. The zero-order valence-corrected chi connectivity index (χ0v) is 8.38. The predicted molar refractivity (Wildman–Crippen MR) is 57.7 cm³/mol. The lowest BCUT2D eigenvalue weighted by Gasteiger charge is -2.01. The van der Waals surface area contributed by atoms with Gasteiger partial charge in [-0.05, 0) is 12.1 Å². The molecule has 74 valence electrons. The highest BCUT2D eigenvalue weighted by molar-refractivity contribution is 5.77. The molecule has 4 heteroatoms. The van der Waals surface area contributed by atoms with Crippen molar-refractivity contribution in [3.05, 3.63) is 36.3 Å². The number of aromatic nitrogens is 4. The summed E-state index contributed by atoms with van der Waals surface area (Å²) in [4.78, 5) is 4.33. The summed E-state index contributed by atoms with van der Waals surface area (Å²) in [5, 5.41) is 8.23. The Kier molecular flexibility index (Phi) is 1.68. The summed E-state index contributed by atoms with van der Waals surface area (Å²) in [6, 6.07) is 8.02. The number of para-hydroxylation sites is 2. The number of fused-ring (bicyclic) bond motifs is 3. The molecule has 0 atom stereocenters. The van der Waals surface area contributed by atoms with Crippen molar-refractivity contribution in [1.82, 2.24) is 19.6 Å². The van der Waals surface area contributed by atoms with Crippen molar-refractivity contribution < 1.29 is 0 Å². The molecule has 0 radical (unpaired) electrons. The lowest BCUT2D eigenvalue weighted by atomic mass is 10.3. The molecule has 2 heterocycles. The maximum Gasteiger partial charge on any atom is 0.179 e. The highest BCUT2D eigenvalue weighted by Gasteiger charge is 2.06. The second kappa shape index (κ2) is 3.02. The van der Waals surface area contributed by atoms with E-state index >= 15 is 0 Å². The number of nitrogens with zero attached hydrogens (tertiary/aromatic N) is 4. The van der Waals surface area contributed by atoms with E-state index in [0.29, 0.717) is 0 Å². The molecule has 0 bridgehead atoms. The van der Waals surface area contributed by atoms with E-state index in [-0.39, 0.29) is 0 Å². The second-order valence-electron chi connectivity index (χ2n) is 3.41. The van der Waals surface area contributed by atoms with Crippen LogP contribution in [0.15, 0.2) is 30.5 Å². The highest BCUT2D eigenvalue weighted by Crippen LogP contribution is 2.14. The van der Waals surface area contributed by atoms with Crippen molar-refractivity contribution in [2.45, 2.75) is 13.3 Å². The molecule has 3 aromatic rings. The van der Waals surface area contributed by atoms with Gasteiger partial charge in [0, 0.05) is 6.42 Å². The fourth-order valence-electron chi connectivity index (χ4n) is 1.80. The van der Waals surface area contributed by atoms with Crippen molar-refractivity contribution in [2.75, 3.05) is 0 Å². The third-order valence-electron chi connectivity index (χ3n) is 2.51. The van der Waals surface area contributed by atoms with Gasteiger partial charge in [0.1, 0.15) is 5.82 Å². The Bertz CT molecular complexity index is 627. The van der Waals surface area contributed by atoms with Crippen molar-refractivity contribution >= 4 is 16.7 Å². The van der Waals surface area contributed by atoms with Gasteiger partial charge in [-0.2, -0.15) is 0 Å². The largest absolute Gasteiger partial charge is 0.276 e.